The number of aromatic nitrogens is 3. The fourth-order valence-electron chi connectivity index (χ4n) is 2.19. The van der Waals surface area contributed by atoms with Crippen LogP contribution in [0.2, 0.25) is 5.02 Å². The van der Waals surface area contributed by atoms with E-state index in [0.29, 0.717) is 22.1 Å². The smallest absolute Gasteiger partial charge is 0.251 e. The second-order valence-electron chi connectivity index (χ2n) is 4.51. The van der Waals surface area contributed by atoms with Gasteiger partial charge in [0.25, 0.3) is 5.56 Å². The molecule has 3 rings (SSSR count). The molecule has 21 heavy (non-hydrogen) atoms. The lowest BCUT2D eigenvalue weighted by atomic mass is 10.1. The summed E-state index contributed by atoms with van der Waals surface area (Å²) in [6.45, 7) is 0.274. The van der Waals surface area contributed by atoms with Crippen molar-refractivity contribution in [2.75, 3.05) is 7.11 Å². The number of fused-ring (bicyclic) bond motifs is 1. The van der Waals surface area contributed by atoms with E-state index in [0.717, 1.165) is 10.9 Å². The quantitative estimate of drug-likeness (QED) is 0.807. The Hall–Kier alpha value is -2.24. The van der Waals surface area contributed by atoms with E-state index >= 15 is 0 Å². The molecule has 0 bridgehead atoms. The molecule has 5 nitrogen and oxygen atoms in total. The minimum atomic E-state index is -0.230. The van der Waals surface area contributed by atoms with Crippen molar-refractivity contribution in [2.45, 2.75) is 6.61 Å². The first-order valence-corrected chi connectivity index (χ1v) is 6.69. The van der Waals surface area contributed by atoms with Crippen molar-refractivity contribution in [3.05, 3.63) is 57.6 Å². The van der Waals surface area contributed by atoms with Gasteiger partial charge < -0.3 is 9.72 Å². The van der Waals surface area contributed by atoms with Gasteiger partial charge in [0.1, 0.15) is 5.82 Å². The third-order valence-corrected chi connectivity index (χ3v) is 3.39. The van der Waals surface area contributed by atoms with E-state index < -0.39 is 0 Å². The van der Waals surface area contributed by atoms with Gasteiger partial charge in [0.15, 0.2) is 0 Å². The zero-order chi connectivity index (χ0) is 14.8. The number of rotatable bonds is 3. The van der Waals surface area contributed by atoms with Crippen molar-refractivity contribution in [2.24, 2.45) is 0 Å². The Morgan fingerprint density at radius 1 is 1.33 bits per heavy atom. The van der Waals surface area contributed by atoms with Crippen LogP contribution in [0.1, 0.15) is 5.69 Å². The Bertz CT molecular complexity index is 861. The van der Waals surface area contributed by atoms with E-state index in [9.17, 15) is 4.79 Å². The van der Waals surface area contributed by atoms with E-state index in [1.165, 1.54) is 6.07 Å². The molecule has 0 unspecified atom stereocenters. The number of benzene rings is 1. The first-order valence-electron chi connectivity index (χ1n) is 6.32. The molecule has 3 aromatic rings. The van der Waals surface area contributed by atoms with E-state index in [4.69, 9.17) is 16.3 Å². The van der Waals surface area contributed by atoms with Crippen molar-refractivity contribution < 1.29 is 4.74 Å². The monoisotopic (exact) mass is 301 g/mol. The summed E-state index contributed by atoms with van der Waals surface area (Å²) < 4.78 is 5.03. The molecule has 0 radical (unpaired) electrons. The zero-order valence-corrected chi connectivity index (χ0v) is 12.0. The molecule has 0 saturated carbocycles. The van der Waals surface area contributed by atoms with E-state index in [2.05, 4.69) is 15.0 Å². The second kappa shape index (κ2) is 5.63. The lowest BCUT2D eigenvalue weighted by Gasteiger charge is -2.08. The van der Waals surface area contributed by atoms with Crippen LogP contribution in [0.4, 0.5) is 0 Å². The number of nitrogens with one attached hydrogen (secondary N) is 1. The lowest BCUT2D eigenvalue weighted by Crippen LogP contribution is -2.11. The van der Waals surface area contributed by atoms with E-state index in [-0.39, 0.29) is 12.2 Å². The Morgan fingerprint density at radius 3 is 3.00 bits per heavy atom. The van der Waals surface area contributed by atoms with Gasteiger partial charge in [0.2, 0.25) is 0 Å². The molecule has 0 atom stereocenters. The number of pyridine rings is 1. The fourth-order valence-corrected chi connectivity index (χ4v) is 2.40. The van der Waals surface area contributed by atoms with Gasteiger partial charge >= 0.3 is 0 Å². The van der Waals surface area contributed by atoms with Crippen molar-refractivity contribution in [1.29, 1.82) is 0 Å². The van der Waals surface area contributed by atoms with Crippen LogP contribution in [-0.2, 0) is 11.3 Å². The number of aromatic amines is 1. The van der Waals surface area contributed by atoms with Crippen LogP contribution in [0.3, 0.4) is 0 Å². The lowest BCUT2D eigenvalue weighted by molar-refractivity contribution is 0.181. The normalized spacial score (nSPS) is 11.0. The number of ether oxygens (including phenoxy) is 1. The molecule has 0 spiro atoms. The van der Waals surface area contributed by atoms with Crippen LogP contribution in [0.15, 0.2) is 41.3 Å². The summed E-state index contributed by atoms with van der Waals surface area (Å²) >= 11 is 6.18. The highest BCUT2D eigenvalue weighted by Crippen LogP contribution is 2.29. The minimum Gasteiger partial charge on any atom is -0.378 e. The van der Waals surface area contributed by atoms with Gasteiger partial charge in [0, 0.05) is 30.3 Å². The number of hydrogen-bond acceptors (Lipinski definition) is 4. The first kappa shape index (κ1) is 13.7. The maximum Gasteiger partial charge on any atom is 0.251 e. The topological polar surface area (TPSA) is 67.9 Å². The largest absolute Gasteiger partial charge is 0.378 e. The van der Waals surface area contributed by atoms with Crippen LogP contribution < -0.4 is 5.56 Å². The number of halogens is 1. The summed E-state index contributed by atoms with van der Waals surface area (Å²) in [6.07, 6.45) is 1.68. The van der Waals surface area contributed by atoms with Gasteiger partial charge in [-0.05, 0) is 24.3 Å². The van der Waals surface area contributed by atoms with Crippen LogP contribution in [0.5, 0.6) is 0 Å². The molecule has 106 valence electrons. The van der Waals surface area contributed by atoms with Gasteiger partial charge in [-0.2, -0.15) is 0 Å². The van der Waals surface area contributed by atoms with Gasteiger partial charge in [-0.25, -0.2) is 4.98 Å². The molecule has 2 heterocycles. The zero-order valence-electron chi connectivity index (χ0n) is 11.3. The molecule has 6 heteroatoms. The summed E-state index contributed by atoms with van der Waals surface area (Å²) in [5.74, 6) is 0.454. The second-order valence-corrected chi connectivity index (χ2v) is 4.92. The number of methoxy groups -OCH3 is 1. The molecular weight excluding hydrogens is 290 g/mol. The predicted octanol–water partition coefficient (Wildman–Crippen LogP) is 2.78. The predicted molar refractivity (Wildman–Crippen MR) is 81.3 cm³/mol. The van der Waals surface area contributed by atoms with Gasteiger partial charge in [-0.1, -0.05) is 11.6 Å². The third-order valence-electron chi connectivity index (χ3n) is 3.06. The average Bonchev–Trinajstić information content (AvgIpc) is 2.47. The van der Waals surface area contributed by atoms with Crippen LogP contribution in [-0.4, -0.2) is 22.1 Å². The van der Waals surface area contributed by atoms with E-state index in [1.807, 2.05) is 12.1 Å². The molecule has 0 aliphatic heterocycles. The van der Waals surface area contributed by atoms with Gasteiger partial charge in [-0.3, -0.25) is 9.78 Å². The maximum absolute atomic E-state index is 11.8. The molecule has 0 saturated heterocycles. The maximum atomic E-state index is 11.8. The molecule has 0 aliphatic carbocycles. The van der Waals surface area contributed by atoms with Crippen molar-refractivity contribution in [3.8, 4) is 11.4 Å². The minimum absolute atomic E-state index is 0.230. The molecule has 0 fully saturated rings. The molecule has 1 aromatic carbocycles. The van der Waals surface area contributed by atoms with Gasteiger partial charge in [0.05, 0.1) is 22.8 Å². The number of nitrogens with zero attached hydrogens (tertiary/aromatic N) is 2. The molecular formula is C15H12ClN3O2. The van der Waals surface area contributed by atoms with Crippen LogP contribution >= 0.6 is 11.6 Å². The summed E-state index contributed by atoms with van der Waals surface area (Å²) in [7, 11) is 1.56. The summed E-state index contributed by atoms with van der Waals surface area (Å²) in [4.78, 5) is 23.2. The number of H-pyrrole nitrogens is 1. The van der Waals surface area contributed by atoms with Crippen LogP contribution in [0.25, 0.3) is 22.3 Å². The van der Waals surface area contributed by atoms with Crippen molar-refractivity contribution in [1.82, 2.24) is 15.0 Å². The Morgan fingerprint density at radius 2 is 2.19 bits per heavy atom. The standard InChI is InChI=1S/C15H12ClN3O2/c1-21-8-9-7-13(20)19-15(18-9)11-4-5-12(16)10-3-2-6-17-14(10)11/h2-7H,8H2,1H3,(H,18,19,20). The van der Waals surface area contributed by atoms with Crippen LogP contribution in [0, 0.1) is 0 Å². The average molecular weight is 302 g/mol. The van der Waals surface area contributed by atoms with Crippen molar-refractivity contribution in [3.63, 3.8) is 0 Å². The Labute approximate surface area is 125 Å². The highest BCUT2D eigenvalue weighted by atomic mass is 35.5. The molecule has 1 N–H and O–H groups in total. The highest BCUT2D eigenvalue weighted by molar-refractivity contribution is 6.35. The summed E-state index contributed by atoms with van der Waals surface area (Å²) in [6, 6.07) is 8.68. The summed E-state index contributed by atoms with van der Waals surface area (Å²) in [5.41, 5.74) is 1.76. The first-order chi connectivity index (χ1) is 10.2. The fraction of sp³-hybridized carbons (Fsp3) is 0.133. The van der Waals surface area contributed by atoms with Gasteiger partial charge in [-0.15, -0.1) is 0 Å². The highest BCUT2D eigenvalue weighted by Gasteiger charge is 2.11. The molecule has 2 aromatic heterocycles. The molecule has 0 amide bonds. The third kappa shape index (κ3) is 2.66. The number of hydrogen-bond donors (Lipinski definition) is 1. The molecule has 0 aliphatic rings. The van der Waals surface area contributed by atoms with E-state index in [1.54, 1.807) is 25.4 Å². The van der Waals surface area contributed by atoms with Crippen molar-refractivity contribution >= 4 is 22.5 Å². The Kier molecular flexibility index (Phi) is 3.68. The SMILES string of the molecule is COCc1cc(=O)[nH]c(-c2ccc(Cl)c3cccnc23)n1. The Balaban J connectivity index is 2.26. The summed E-state index contributed by atoms with van der Waals surface area (Å²) in [5, 5.41) is 1.42.